The van der Waals surface area contributed by atoms with E-state index in [-0.39, 0.29) is 6.04 Å². The van der Waals surface area contributed by atoms with E-state index >= 15 is 0 Å². The normalized spacial score (nSPS) is 23.0. The highest BCUT2D eigenvalue weighted by molar-refractivity contribution is 7.89. The van der Waals surface area contributed by atoms with Crippen molar-refractivity contribution in [2.45, 2.75) is 31.2 Å². The van der Waals surface area contributed by atoms with Crippen LogP contribution in [0.1, 0.15) is 20.3 Å². The molecule has 1 aromatic carbocycles. The number of fused-ring (bicyclic) bond motifs is 1. The molecule has 2 aromatic rings. The molecule has 0 amide bonds. The zero-order valence-corrected chi connectivity index (χ0v) is 15.3. The smallest absolute Gasteiger partial charge is 0.243 e. The van der Waals surface area contributed by atoms with E-state index in [1.165, 1.54) is 0 Å². The zero-order valence-electron chi connectivity index (χ0n) is 14.5. The van der Waals surface area contributed by atoms with Gasteiger partial charge in [-0.3, -0.25) is 4.98 Å². The Balaban J connectivity index is 1.95. The van der Waals surface area contributed by atoms with E-state index in [1.54, 1.807) is 35.7 Å². The summed E-state index contributed by atoms with van der Waals surface area (Å²) in [6, 6.07) is 8.93. The summed E-state index contributed by atoms with van der Waals surface area (Å²) < 4.78 is 28.0. The number of aromatic nitrogens is 1. The van der Waals surface area contributed by atoms with Gasteiger partial charge in [-0.2, -0.15) is 4.31 Å². The van der Waals surface area contributed by atoms with Crippen molar-refractivity contribution in [3.8, 4) is 0 Å². The minimum absolute atomic E-state index is 0.0322. The molecule has 1 aromatic heterocycles. The molecule has 1 saturated heterocycles. The number of pyridine rings is 1. The molecule has 130 valence electrons. The number of piperidine rings is 1. The summed E-state index contributed by atoms with van der Waals surface area (Å²) in [5.74, 6) is 0.312. The van der Waals surface area contributed by atoms with E-state index in [0.29, 0.717) is 21.7 Å². The van der Waals surface area contributed by atoms with Crippen LogP contribution in [0, 0.1) is 5.92 Å². The lowest BCUT2D eigenvalue weighted by atomic mass is 9.94. The second kappa shape index (κ2) is 6.78. The molecule has 2 heterocycles. The third-order valence-corrected chi connectivity index (χ3v) is 7.06. The van der Waals surface area contributed by atoms with Crippen LogP contribution in [0.15, 0.2) is 41.4 Å². The van der Waals surface area contributed by atoms with E-state index in [9.17, 15) is 8.42 Å². The fraction of sp³-hybridized carbons (Fsp3) is 0.500. The first-order valence-corrected chi connectivity index (χ1v) is 9.93. The minimum atomic E-state index is -3.55. The van der Waals surface area contributed by atoms with Crippen LogP contribution in [0.3, 0.4) is 0 Å². The fourth-order valence-electron chi connectivity index (χ4n) is 3.68. The van der Waals surface area contributed by atoms with Crippen molar-refractivity contribution in [1.82, 2.24) is 14.2 Å². The second-order valence-corrected chi connectivity index (χ2v) is 8.54. The number of sulfonamides is 1. The number of likely N-dealkylation sites (tertiary alicyclic amines) is 1. The Morgan fingerprint density at radius 2 is 2.08 bits per heavy atom. The first kappa shape index (κ1) is 17.3. The standard InChI is InChI=1S/C18H25N3O2S/c1-4-21-12-10-17(14(2)13-21)20(3)24(22,23)18-9-5-8-16-15(18)7-6-11-19-16/h5-9,11,14,17H,4,10,12-13H2,1-3H3/t14-,17+/m0/s1. The predicted octanol–water partition coefficient (Wildman–Crippen LogP) is 2.59. The molecule has 5 nitrogen and oxygen atoms in total. The lowest BCUT2D eigenvalue weighted by Gasteiger charge is -2.40. The Kier molecular flexibility index (Phi) is 4.90. The second-order valence-electron chi connectivity index (χ2n) is 6.57. The number of benzene rings is 1. The van der Waals surface area contributed by atoms with Gasteiger partial charge in [0.25, 0.3) is 0 Å². The zero-order chi connectivity index (χ0) is 17.3. The summed E-state index contributed by atoms with van der Waals surface area (Å²) in [6.07, 6.45) is 2.55. The molecular formula is C18H25N3O2S. The van der Waals surface area contributed by atoms with Crippen LogP contribution in [0.4, 0.5) is 0 Å². The topological polar surface area (TPSA) is 53.5 Å². The van der Waals surface area contributed by atoms with Crippen molar-refractivity contribution < 1.29 is 8.42 Å². The van der Waals surface area contributed by atoms with E-state index in [2.05, 4.69) is 23.7 Å². The largest absolute Gasteiger partial charge is 0.303 e. The van der Waals surface area contributed by atoms with E-state index in [4.69, 9.17) is 0 Å². The third-order valence-electron chi connectivity index (χ3n) is 5.12. The SMILES string of the molecule is CCN1CC[C@@H](N(C)S(=O)(=O)c2cccc3ncccc23)[C@@H](C)C1. The van der Waals surface area contributed by atoms with Crippen LogP contribution in [-0.4, -0.2) is 55.3 Å². The summed E-state index contributed by atoms with van der Waals surface area (Å²) in [5, 5.41) is 0.686. The van der Waals surface area contributed by atoms with E-state index in [0.717, 1.165) is 26.1 Å². The van der Waals surface area contributed by atoms with Crippen molar-refractivity contribution in [2.75, 3.05) is 26.7 Å². The molecule has 3 rings (SSSR count). The molecule has 1 fully saturated rings. The lowest BCUT2D eigenvalue weighted by molar-refractivity contribution is 0.123. The van der Waals surface area contributed by atoms with Crippen LogP contribution >= 0.6 is 0 Å². The summed E-state index contributed by atoms with van der Waals surface area (Å²) in [7, 11) is -1.83. The van der Waals surface area contributed by atoms with Gasteiger partial charge in [0.2, 0.25) is 10.0 Å². The quantitative estimate of drug-likeness (QED) is 0.853. The summed E-state index contributed by atoms with van der Waals surface area (Å²) in [6.45, 7) is 7.20. The average Bonchev–Trinajstić information content (AvgIpc) is 2.60. The van der Waals surface area contributed by atoms with Crippen molar-refractivity contribution in [3.63, 3.8) is 0 Å². The molecular weight excluding hydrogens is 322 g/mol. The molecule has 6 heteroatoms. The van der Waals surface area contributed by atoms with Crippen LogP contribution in [0.5, 0.6) is 0 Å². The van der Waals surface area contributed by atoms with Crippen molar-refractivity contribution in [3.05, 3.63) is 36.5 Å². The monoisotopic (exact) mass is 347 g/mol. The maximum atomic E-state index is 13.2. The summed E-state index contributed by atoms with van der Waals surface area (Å²) in [5.41, 5.74) is 0.709. The van der Waals surface area contributed by atoms with Crippen LogP contribution in [-0.2, 0) is 10.0 Å². The first-order valence-electron chi connectivity index (χ1n) is 8.49. The van der Waals surface area contributed by atoms with Gasteiger partial charge < -0.3 is 4.90 Å². The van der Waals surface area contributed by atoms with Gasteiger partial charge in [-0.25, -0.2) is 8.42 Å². The van der Waals surface area contributed by atoms with Crippen molar-refractivity contribution in [2.24, 2.45) is 5.92 Å². The summed E-state index contributed by atoms with van der Waals surface area (Å²) >= 11 is 0. The van der Waals surface area contributed by atoms with E-state index < -0.39 is 10.0 Å². The summed E-state index contributed by atoms with van der Waals surface area (Å²) in [4.78, 5) is 7.00. The third kappa shape index (κ3) is 3.06. The number of rotatable bonds is 4. The molecule has 24 heavy (non-hydrogen) atoms. The molecule has 0 N–H and O–H groups in total. The Labute approximate surface area is 144 Å². The van der Waals surface area contributed by atoms with Gasteiger partial charge >= 0.3 is 0 Å². The van der Waals surface area contributed by atoms with Crippen molar-refractivity contribution in [1.29, 1.82) is 0 Å². The molecule has 0 radical (unpaired) electrons. The van der Waals surface area contributed by atoms with Gasteiger partial charge in [0.15, 0.2) is 0 Å². The highest BCUT2D eigenvalue weighted by Crippen LogP contribution is 2.29. The average molecular weight is 347 g/mol. The minimum Gasteiger partial charge on any atom is -0.303 e. The molecule has 0 bridgehead atoms. The Hall–Kier alpha value is -1.50. The van der Waals surface area contributed by atoms with Crippen LogP contribution in [0.2, 0.25) is 0 Å². The number of hydrogen-bond donors (Lipinski definition) is 0. The Morgan fingerprint density at radius 1 is 1.29 bits per heavy atom. The highest BCUT2D eigenvalue weighted by atomic mass is 32.2. The van der Waals surface area contributed by atoms with Crippen LogP contribution in [0.25, 0.3) is 10.9 Å². The first-order chi connectivity index (χ1) is 11.4. The Bertz CT molecular complexity index is 817. The molecule has 0 unspecified atom stereocenters. The maximum absolute atomic E-state index is 13.2. The molecule has 1 aliphatic rings. The number of nitrogens with zero attached hydrogens (tertiary/aromatic N) is 3. The van der Waals surface area contributed by atoms with Crippen molar-refractivity contribution >= 4 is 20.9 Å². The molecule has 0 spiro atoms. The fourth-order valence-corrected chi connectivity index (χ4v) is 5.36. The molecule has 1 aliphatic heterocycles. The molecule has 0 aliphatic carbocycles. The predicted molar refractivity (Wildman–Crippen MR) is 96.4 cm³/mol. The number of hydrogen-bond acceptors (Lipinski definition) is 4. The van der Waals surface area contributed by atoms with Gasteiger partial charge in [0.1, 0.15) is 0 Å². The molecule has 2 atom stereocenters. The van der Waals surface area contributed by atoms with Gasteiger partial charge in [-0.15, -0.1) is 0 Å². The molecule has 0 saturated carbocycles. The van der Waals surface area contributed by atoms with Crippen LogP contribution < -0.4 is 0 Å². The lowest BCUT2D eigenvalue weighted by Crippen LogP contribution is -2.50. The van der Waals surface area contributed by atoms with Gasteiger partial charge in [0, 0.05) is 31.2 Å². The maximum Gasteiger partial charge on any atom is 0.243 e. The van der Waals surface area contributed by atoms with Gasteiger partial charge in [0.05, 0.1) is 10.4 Å². The van der Waals surface area contributed by atoms with Gasteiger partial charge in [-0.05, 0) is 49.7 Å². The Morgan fingerprint density at radius 3 is 2.79 bits per heavy atom. The van der Waals surface area contributed by atoms with E-state index in [1.807, 2.05) is 12.1 Å². The van der Waals surface area contributed by atoms with Gasteiger partial charge in [-0.1, -0.05) is 19.9 Å². The highest BCUT2D eigenvalue weighted by Gasteiger charge is 2.35.